The number of hydrogen-bond acceptors (Lipinski definition) is 6. The molecule has 0 unspecified atom stereocenters. The lowest BCUT2D eigenvalue weighted by molar-refractivity contribution is -0.167. The highest BCUT2D eigenvalue weighted by Gasteiger charge is 2.19. The zero-order valence-electron chi connectivity index (χ0n) is 41.8. The van der Waals surface area contributed by atoms with Gasteiger partial charge in [0.1, 0.15) is 13.2 Å². The Balaban J connectivity index is 4.40. The summed E-state index contributed by atoms with van der Waals surface area (Å²) in [6.07, 6.45) is 62.3. The van der Waals surface area contributed by atoms with Crippen molar-refractivity contribution in [2.45, 2.75) is 284 Å². The highest BCUT2D eigenvalue weighted by Crippen LogP contribution is 2.15. The standard InChI is InChI=1S/C57H102O6/c1-4-7-10-13-16-19-22-25-28-31-34-37-40-43-46-49-55(58)61-52-54(63-57(60)51-48-45-42-39-36-33-30-27-24-21-18-15-12-9-6-3)53-62-56(59)50-47-44-41-38-35-32-29-26-23-20-17-14-11-8-5-2/h16,18-19,21,25,27-28,30,54H,4-15,17,20,22-24,26,29,31-53H2,1-3H3/b19-16+,21-18+,28-25+,30-27+/t54-/m0/s1. The molecule has 6 nitrogen and oxygen atoms in total. The monoisotopic (exact) mass is 883 g/mol. The van der Waals surface area contributed by atoms with Crippen LogP contribution in [0.4, 0.5) is 0 Å². The van der Waals surface area contributed by atoms with Gasteiger partial charge in [-0.05, 0) is 83.5 Å². The van der Waals surface area contributed by atoms with E-state index in [1.165, 1.54) is 135 Å². The van der Waals surface area contributed by atoms with Crippen molar-refractivity contribution in [2.24, 2.45) is 0 Å². The minimum Gasteiger partial charge on any atom is -0.462 e. The van der Waals surface area contributed by atoms with E-state index in [4.69, 9.17) is 14.2 Å². The summed E-state index contributed by atoms with van der Waals surface area (Å²) in [4.78, 5) is 38.0. The number of carbonyl (C=O) groups is 3. The van der Waals surface area contributed by atoms with Gasteiger partial charge in [-0.1, -0.05) is 223 Å². The molecule has 0 spiro atoms. The van der Waals surface area contributed by atoms with E-state index in [1.54, 1.807) is 0 Å². The molecule has 0 saturated carbocycles. The third-order valence-electron chi connectivity index (χ3n) is 11.8. The first-order chi connectivity index (χ1) is 31.0. The van der Waals surface area contributed by atoms with Crippen LogP contribution in [0.2, 0.25) is 0 Å². The van der Waals surface area contributed by atoms with Crippen LogP contribution < -0.4 is 0 Å². The third kappa shape index (κ3) is 50.2. The molecule has 6 heteroatoms. The Hall–Kier alpha value is -2.63. The van der Waals surface area contributed by atoms with Gasteiger partial charge >= 0.3 is 17.9 Å². The van der Waals surface area contributed by atoms with Gasteiger partial charge < -0.3 is 14.2 Å². The Morgan fingerprint density at radius 3 is 0.905 bits per heavy atom. The lowest BCUT2D eigenvalue weighted by atomic mass is 10.0. The van der Waals surface area contributed by atoms with Crippen LogP contribution in [-0.4, -0.2) is 37.2 Å². The first kappa shape index (κ1) is 60.4. The molecule has 0 aliphatic rings. The van der Waals surface area contributed by atoms with Crippen molar-refractivity contribution in [1.29, 1.82) is 0 Å². The molecule has 0 fully saturated rings. The molecule has 0 N–H and O–H groups in total. The summed E-state index contributed by atoms with van der Waals surface area (Å²) < 4.78 is 16.8. The highest BCUT2D eigenvalue weighted by molar-refractivity contribution is 5.71. The predicted molar refractivity (Wildman–Crippen MR) is 270 cm³/mol. The molecule has 0 saturated heterocycles. The number of unbranched alkanes of at least 4 members (excludes halogenated alkanes) is 30. The van der Waals surface area contributed by atoms with Gasteiger partial charge in [-0.3, -0.25) is 14.4 Å². The van der Waals surface area contributed by atoms with Gasteiger partial charge in [0.15, 0.2) is 6.10 Å². The number of allylic oxidation sites excluding steroid dienone is 8. The van der Waals surface area contributed by atoms with Gasteiger partial charge in [0.25, 0.3) is 0 Å². The molecule has 366 valence electrons. The molecule has 0 aromatic carbocycles. The van der Waals surface area contributed by atoms with Crippen molar-refractivity contribution in [3.63, 3.8) is 0 Å². The molecule has 0 heterocycles. The number of hydrogen-bond donors (Lipinski definition) is 0. The van der Waals surface area contributed by atoms with Crippen LogP contribution in [0.15, 0.2) is 48.6 Å². The van der Waals surface area contributed by atoms with Crippen LogP contribution in [-0.2, 0) is 28.6 Å². The summed E-state index contributed by atoms with van der Waals surface area (Å²) in [5, 5.41) is 0. The van der Waals surface area contributed by atoms with E-state index in [0.29, 0.717) is 19.3 Å². The molecule has 0 aliphatic carbocycles. The van der Waals surface area contributed by atoms with E-state index in [2.05, 4.69) is 69.4 Å². The fourth-order valence-corrected chi connectivity index (χ4v) is 7.68. The number of carbonyl (C=O) groups excluding carboxylic acids is 3. The van der Waals surface area contributed by atoms with Crippen LogP contribution in [0, 0.1) is 0 Å². The summed E-state index contributed by atoms with van der Waals surface area (Å²) >= 11 is 0. The highest BCUT2D eigenvalue weighted by atomic mass is 16.6. The second kappa shape index (κ2) is 52.0. The van der Waals surface area contributed by atoms with E-state index in [1.807, 2.05) is 0 Å². The molecule has 0 radical (unpaired) electrons. The van der Waals surface area contributed by atoms with Crippen molar-refractivity contribution in [3.05, 3.63) is 48.6 Å². The zero-order valence-corrected chi connectivity index (χ0v) is 41.8. The van der Waals surface area contributed by atoms with Gasteiger partial charge in [0.05, 0.1) is 0 Å². The molecule has 0 aromatic heterocycles. The lowest BCUT2D eigenvalue weighted by Crippen LogP contribution is -2.30. The summed E-state index contributed by atoms with van der Waals surface area (Å²) in [5.41, 5.74) is 0. The zero-order chi connectivity index (χ0) is 45.8. The molecule has 0 bridgehead atoms. The second-order valence-electron chi connectivity index (χ2n) is 18.1. The van der Waals surface area contributed by atoms with Gasteiger partial charge in [0, 0.05) is 19.3 Å². The van der Waals surface area contributed by atoms with Crippen molar-refractivity contribution in [2.75, 3.05) is 13.2 Å². The van der Waals surface area contributed by atoms with E-state index in [0.717, 1.165) is 103 Å². The summed E-state index contributed by atoms with van der Waals surface area (Å²) in [6, 6.07) is 0. The van der Waals surface area contributed by atoms with Crippen LogP contribution in [0.3, 0.4) is 0 Å². The average molecular weight is 883 g/mol. The maximum absolute atomic E-state index is 12.8. The van der Waals surface area contributed by atoms with Crippen LogP contribution >= 0.6 is 0 Å². The average Bonchev–Trinajstić information content (AvgIpc) is 3.28. The number of ether oxygens (including phenoxy) is 3. The van der Waals surface area contributed by atoms with Crippen LogP contribution in [0.5, 0.6) is 0 Å². The van der Waals surface area contributed by atoms with Crippen molar-refractivity contribution >= 4 is 17.9 Å². The Kier molecular flexibility index (Phi) is 49.8. The first-order valence-electron chi connectivity index (χ1n) is 27.1. The number of esters is 3. The Bertz CT molecular complexity index is 1110. The maximum atomic E-state index is 12.8. The molecular weight excluding hydrogens is 781 g/mol. The van der Waals surface area contributed by atoms with Crippen LogP contribution in [0.25, 0.3) is 0 Å². The summed E-state index contributed by atoms with van der Waals surface area (Å²) in [7, 11) is 0. The van der Waals surface area contributed by atoms with Crippen molar-refractivity contribution in [3.8, 4) is 0 Å². The van der Waals surface area contributed by atoms with E-state index in [-0.39, 0.29) is 31.1 Å². The quantitative estimate of drug-likeness (QED) is 0.0262. The normalized spacial score (nSPS) is 12.4. The Labute approximate surface area is 390 Å². The van der Waals surface area contributed by atoms with Gasteiger partial charge in [0.2, 0.25) is 0 Å². The molecule has 0 aromatic rings. The Morgan fingerprint density at radius 1 is 0.317 bits per heavy atom. The van der Waals surface area contributed by atoms with E-state index >= 15 is 0 Å². The van der Waals surface area contributed by atoms with E-state index < -0.39 is 6.10 Å². The largest absolute Gasteiger partial charge is 0.462 e. The van der Waals surface area contributed by atoms with Gasteiger partial charge in [-0.15, -0.1) is 0 Å². The van der Waals surface area contributed by atoms with Crippen molar-refractivity contribution in [1.82, 2.24) is 0 Å². The molecule has 1 atom stereocenters. The fourth-order valence-electron chi connectivity index (χ4n) is 7.68. The first-order valence-corrected chi connectivity index (χ1v) is 27.1. The van der Waals surface area contributed by atoms with Gasteiger partial charge in [-0.25, -0.2) is 0 Å². The predicted octanol–water partition coefficient (Wildman–Crippen LogP) is 17.9. The molecule has 0 rings (SSSR count). The topological polar surface area (TPSA) is 78.9 Å². The SMILES string of the molecule is CCCCC/C=C/C/C=C/CCCCCCCC(=O)OC[C@@H](COC(=O)CCCCCCCCCCCCCCCCC)OC(=O)CCCCCCC/C=C/C/C=C/CCCCC. The molecular formula is C57H102O6. The number of rotatable bonds is 49. The van der Waals surface area contributed by atoms with Crippen LogP contribution in [0.1, 0.15) is 278 Å². The van der Waals surface area contributed by atoms with E-state index in [9.17, 15) is 14.4 Å². The summed E-state index contributed by atoms with van der Waals surface area (Å²) in [5.74, 6) is -0.899. The molecule has 0 amide bonds. The minimum atomic E-state index is -0.783. The molecule has 0 aliphatic heterocycles. The smallest absolute Gasteiger partial charge is 0.306 e. The fraction of sp³-hybridized carbons (Fsp3) is 0.807. The van der Waals surface area contributed by atoms with Gasteiger partial charge in [-0.2, -0.15) is 0 Å². The lowest BCUT2D eigenvalue weighted by Gasteiger charge is -2.18. The third-order valence-corrected chi connectivity index (χ3v) is 11.8. The summed E-state index contributed by atoms with van der Waals surface area (Å²) in [6.45, 7) is 6.58. The maximum Gasteiger partial charge on any atom is 0.306 e. The second-order valence-corrected chi connectivity index (χ2v) is 18.1. The Morgan fingerprint density at radius 2 is 0.571 bits per heavy atom. The molecule has 63 heavy (non-hydrogen) atoms. The van der Waals surface area contributed by atoms with Crippen molar-refractivity contribution < 1.29 is 28.6 Å². The minimum absolute atomic E-state index is 0.0809.